The number of nitrogens with zero attached hydrogens (tertiary/aromatic N) is 2. The van der Waals surface area contributed by atoms with Gasteiger partial charge in [-0.1, -0.05) is 17.7 Å². The van der Waals surface area contributed by atoms with Gasteiger partial charge in [-0.05, 0) is 55.0 Å². The van der Waals surface area contributed by atoms with Crippen LogP contribution in [0.5, 0.6) is 11.5 Å². The van der Waals surface area contributed by atoms with Crippen LogP contribution in [0, 0.1) is 12.7 Å². The molecule has 0 radical (unpaired) electrons. The molecule has 40 heavy (non-hydrogen) atoms. The molecule has 212 valence electrons. The number of halogens is 2. The monoisotopic (exact) mass is 571 g/mol. The predicted octanol–water partition coefficient (Wildman–Crippen LogP) is 5.17. The van der Waals surface area contributed by atoms with Crippen molar-refractivity contribution >= 4 is 46.4 Å². The minimum Gasteiger partial charge on any atom is -0.495 e. The predicted molar refractivity (Wildman–Crippen MR) is 154 cm³/mol. The second-order valence-corrected chi connectivity index (χ2v) is 9.47. The first-order valence-electron chi connectivity index (χ1n) is 12.6. The van der Waals surface area contributed by atoms with Gasteiger partial charge in [0.1, 0.15) is 23.9 Å². The highest BCUT2D eigenvalue weighted by Gasteiger charge is 2.24. The molecule has 4 N–H and O–H groups in total. The van der Waals surface area contributed by atoms with Crippen LogP contribution in [0.15, 0.2) is 54.6 Å². The fourth-order valence-corrected chi connectivity index (χ4v) is 4.46. The van der Waals surface area contributed by atoms with Gasteiger partial charge in [0.05, 0.1) is 35.8 Å². The third-order valence-electron chi connectivity index (χ3n) is 6.26. The highest BCUT2D eigenvalue weighted by atomic mass is 35.5. The van der Waals surface area contributed by atoms with Crippen molar-refractivity contribution in [3.63, 3.8) is 0 Å². The lowest BCUT2D eigenvalue weighted by Crippen LogP contribution is -2.50. The minimum absolute atomic E-state index is 0.116. The number of aliphatic hydroxyl groups is 1. The molecular formula is C28H31ClFN5O5. The van der Waals surface area contributed by atoms with Gasteiger partial charge in [-0.25, -0.2) is 14.0 Å². The average Bonchev–Trinajstić information content (AvgIpc) is 2.93. The van der Waals surface area contributed by atoms with E-state index < -0.39 is 11.8 Å². The first kappa shape index (κ1) is 28.8. The second-order valence-electron chi connectivity index (χ2n) is 9.07. The van der Waals surface area contributed by atoms with E-state index in [1.54, 1.807) is 47.4 Å². The van der Waals surface area contributed by atoms with Crippen molar-refractivity contribution in [3.8, 4) is 11.5 Å². The second kappa shape index (κ2) is 13.2. The summed E-state index contributed by atoms with van der Waals surface area (Å²) in [6, 6.07) is 13.9. The number of methoxy groups -OCH3 is 1. The zero-order valence-electron chi connectivity index (χ0n) is 22.2. The highest BCUT2D eigenvalue weighted by molar-refractivity contribution is 6.33. The van der Waals surface area contributed by atoms with Crippen LogP contribution in [-0.4, -0.2) is 68.6 Å². The van der Waals surface area contributed by atoms with E-state index in [-0.39, 0.29) is 19.2 Å². The Morgan fingerprint density at radius 1 is 0.975 bits per heavy atom. The summed E-state index contributed by atoms with van der Waals surface area (Å²) in [5, 5.41) is 17.3. The van der Waals surface area contributed by atoms with Gasteiger partial charge >= 0.3 is 12.1 Å². The first-order chi connectivity index (χ1) is 19.3. The van der Waals surface area contributed by atoms with Crippen molar-refractivity contribution in [3.05, 3.63) is 71.0 Å². The van der Waals surface area contributed by atoms with E-state index in [4.69, 9.17) is 26.2 Å². The molecule has 4 rings (SSSR count). The van der Waals surface area contributed by atoms with E-state index in [0.717, 1.165) is 5.56 Å². The normalized spacial score (nSPS) is 13.0. The molecule has 3 aromatic rings. The summed E-state index contributed by atoms with van der Waals surface area (Å²) in [6.45, 7) is 3.52. The fourth-order valence-electron chi connectivity index (χ4n) is 4.24. The lowest BCUT2D eigenvalue weighted by molar-refractivity contribution is 0.201. The Kier molecular flexibility index (Phi) is 9.52. The van der Waals surface area contributed by atoms with Crippen molar-refractivity contribution in [2.24, 2.45) is 0 Å². The maximum Gasteiger partial charge on any atom is 0.323 e. The molecule has 0 saturated carbocycles. The van der Waals surface area contributed by atoms with E-state index in [1.807, 2.05) is 17.9 Å². The van der Waals surface area contributed by atoms with Crippen LogP contribution in [0.1, 0.15) is 5.56 Å². The third-order valence-corrected chi connectivity index (χ3v) is 6.57. The summed E-state index contributed by atoms with van der Waals surface area (Å²) in [4.78, 5) is 28.7. The molecule has 10 nitrogen and oxygen atoms in total. The Labute approximate surface area is 236 Å². The number of benzene rings is 3. The number of carbonyl (C=O) groups excluding carboxylic acids is 2. The zero-order valence-corrected chi connectivity index (χ0v) is 22.9. The summed E-state index contributed by atoms with van der Waals surface area (Å²) in [7, 11) is 1.51. The number of urea groups is 2. The molecule has 4 amide bonds. The topological polar surface area (TPSA) is 115 Å². The number of rotatable bonds is 8. The molecule has 1 heterocycles. The van der Waals surface area contributed by atoms with Gasteiger partial charge in [-0.15, -0.1) is 0 Å². The lowest BCUT2D eigenvalue weighted by atomic mass is 10.2. The van der Waals surface area contributed by atoms with E-state index in [1.165, 1.54) is 13.2 Å². The minimum atomic E-state index is -0.525. The molecule has 1 aliphatic heterocycles. The number of carbonyl (C=O) groups is 2. The Morgan fingerprint density at radius 3 is 2.42 bits per heavy atom. The number of hydrogen-bond donors (Lipinski definition) is 4. The van der Waals surface area contributed by atoms with E-state index in [9.17, 15) is 9.59 Å². The number of amides is 4. The smallest absolute Gasteiger partial charge is 0.323 e. The van der Waals surface area contributed by atoms with Crippen molar-refractivity contribution in [1.29, 1.82) is 0 Å². The Balaban J connectivity index is 1.30. The van der Waals surface area contributed by atoms with Crippen LogP contribution in [0.4, 0.5) is 36.7 Å². The highest BCUT2D eigenvalue weighted by Crippen LogP contribution is 2.29. The van der Waals surface area contributed by atoms with Crippen LogP contribution in [0.3, 0.4) is 0 Å². The van der Waals surface area contributed by atoms with Gasteiger partial charge in [-0.3, -0.25) is 0 Å². The van der Waals surface area contributed by atoms with E-state index >= 15 is 4.39 Å². The van der Waals surface area contributed by atoms with Gasteiger partial charge in [-0.2, -0.15) is 0 Å². The third kappa shape index (κ3) is 7.25. The molecule has 0 aromatic heterocycles. The molecule has 0 spiro atoms. The molecule has 1 fully saturated rings. The standard InChI is InChI=1S/C28H31ClFN5O5/c1-18-3-8-26(39-2)24(15-18)32-27(37)31-19-4-7-25(22(30)16-19)34-9-11-35(12-10-34)28(38)33-23-6-5-20(17-21(23)29)40-14-13-36/h3-8,15-17,36H,9-14H2,1-2H3,(H,33,38)(H2,31,32,37). The maximum atomic E-state index is 15.0. The molecule has 0 aliphatic carbocycles. The summed E-state index contributed by atoms with van der Waals surface area (Å²) in [6.07, 6.45) is 0. The van der Waals surface area contributed by atoms with Gasteiger partial charge in [0.2, 0.25) is 0 Å². The van der Waals surface area contributed by atoms with E-state index in [2.05, 4.69) is 16.0 Å². The van der Waals surface area contributed by atoms with Crippen LogP contribution >= 0.6 is 11.6 Å². The van der Waals surface area contributed by atoms with Crippen LogP contribution < -0.4 is 30.3 Å². The van der Waals surface area contributed by atoms with E-state index in [0.29, 0.717) is 65.5 Å². The summed E-state index contributed by atoms with van der Waals surface area (Å²) in [5.74, 6) is 0.514. The van der Waals surface area contributed by atoms with Crippen LogP contribution in [-0.2, 0) is 0 Å². The van der Waals surface area contributed by atoms with Crippen molar-refractivity contribution in [2.45, 2.75) is 6.92 Å². The van der Waals surface area contributed by atoms with Gasteiger partial charge in [0, 0.05) is 37.9 Å². The fraction of sp³-hybridized carbons (Fsp3) is 0.286. The van der Waals surface area contributed by atoms with Crippen LogP contribution in [0.2, 0.25) is 5.02 Å². The average molecular weight is 572 g/mol. The maximum absolute atomic E-state index is 15.0. The molecule has 0 bridgehead atoms. The number of piperazine rings is 1. The van der Waals surface area contributed by atoms with Crippen molar-refractivity contribution < 1.29 is 28.6 Å². The SMILES string of the molecule is COc1ccc(C)cc1NC(=O)Nc1ccc(N2CCN(C(=O)Nc3ccc(OCCO)cc3Cl)CC2)c(F)c1. The van der Waals surface area contributed by atoms with Gasteiger partial charge in [0.25, 0.3) is 0 Å². The molecular weight excluding hydrogens is 541 g/mol. The number of nitrogens with one attached hydrogen (secondary N) is 3. The summed E-state index contributed by atoms with van der Waals surface area (Å²) in [5.41, 5.74) is 2.57. The molecule has 3 aromatic carbocycles. The quantitative estimate of drug-likeness (QED) is 0.297. The van der Waals surface area contributed by atoms with Crippen LogP contribution in [0.25, 0.3) is 0 Å². The number of hydrogen-bond acceptors (Lipinski definition) is 6. The molecule has 0 atom stereocenters. The Hall–Kier alpha value is -4.22. The molecule has 12 heteroatoms. The summed E-state index contributed by atoms with van der Waals surface area (Å²) >= 11 is 6.26. The number of aryl methyl sites for hydroxylation is 1. The first-order valence-corrected chi connectivity index (χ1v) is 13.0. The Morgan fingerprint density at radius 2 is 1.75 bits per heavy atom. The number of ether oxygens (including phenoxy) is 2. The van der Waals surface area contributed by atoms with Crippen molar-refractivity contribution in [1.82, 2.24) is 4.90 Å². The number of anilines is 4. The largest absolute Gasteiger partial charge is 0.495 e. The summed E-state index contributed by atoms with van der Waals surface area (Å²) < 4.78 is 25.6. The molecule has 1 saturated heterocycles. The van der Waals surface area contributed by atoms with Crippen molar-refractivity contribution in [2.75, 3.05) is 67.4 Å². The Bertz CT molecular complexity index is 1370. The van der Waals surface area contributed by atoms with Gasteiger partial charge in [0.15, 0.2) is 0 Å². The zero-order chi connectivity index (χ0) is 28.6. The lowest BCUT2D eigenvalue weighted by Gasteiger charge is -2.36. The van der Waals surface area contributed by atoms with Gasteiger partial charge < -0.3 is 40.3 Å². The molecule has 1 aliphatic rings. The number of aliphatic hydroxyl groups excluding tert-OH is 1. The molecule has 0 unspecified atom stereocenters.